The monoisotopic (exact) mass is 617 g/mol. The second-order valence-corrected chi connectivity index (χ2v) is 10.9. The minimum atomic E-state index is -4.24. The molecule has 230 valence electrons. The van der Waals surface area contributed by atoms with Crippen LogP contribution in [0.1, 0.15) is 35.2 Å². The Morgan fingerprint density at radius 3 is 2.48 bits per heavy atom. The summed E-state index contributed by atoms with van der Waals surface area (Å²) in [6, 6.07) is 6.54. The van der Waals surface area contributed by atoms with Gasteiger partial charge in [-0.3, -0.25) is 19.4 Å². The molecule has 42 heavy (non-hydrogen) atoms. The zero-order valence-corrected chi connectivity index (χ0v) is 23.6. The van der Waals surface area contributed by atoms with E-state index in [1.54, 1.807) is 23.1 Å². The van der Waals surface area contributed by atoms with E-state index in [-0.39, 0.29) is 36.9 Å². The SMILES string of the molecule is O=C(CN1CCCC1CO)NCc1c(C(=O)Nc2ccc(Cl)cc2N2CCN(CCC(F)(F)F)CC2)ccc(F)c1F. The Bertz CT molecular complexity index is 1270. The first-order valence-electron chi connectivity index (χ1n) is 13.7. The number of halogens is 6. The van der Waals surface area contributed by atoms with E-state index in [4.69, 9.17) is 11.6 Å². The van der Waals surface area contributed by atoms with Crippen LogP contribution in [0, 0.1) is 11.6 Å². The fourth-order valence-corrected chi connectivity index (χ4v) is 5.44. The van der Waals surface area contributed by atoms with Gasteiger partial charge in [-0.15, -0.1) is 0 Å². The maximum absolute atomic E-state index is 14.9. The number of likely N-dealkylation sites (tertiary alicyclic amines) is 1. The molecular weight excluding hydrogens is 585 g/mol. The lowest BCUT2D eigenvalue weighted by atomic mass is 10.0. The summed E-state index contributed by atoms with van der Waals surface area (Å²) in [5, 5.41) is 15.1. The Balaban J connectivity index is 1.45. The molecule has 14 heteroatoms. The number of piperazine rings is 1. The number of rotatable bonds is 10. The zero-order valence-electron chi connectivity index (χ0n) is 22.8. The van der Waals surface area contributed by atoms with Gasteiger partial charge >= 0.3 is 6.18 Å². The van der Waals surface area contributed by atoms with Crippen LogP contribution < -0.4 is 15.5 Å². The van der Waals surface area contributed by atoms with Crippen LogP contribution in [-0.4, -0.2) is 91.4 Å². The first kappa shape index (κ1) is 31.9. The summed E-state index contributed by atoms with van der Waals surface area (Å²) >= 11 is 6.21. The van der Waals surface area contributed by atoms with Crippen molar-refractivity contribution in [2.75, 3.05) is 62.6 Å². The summed E-state index contributed by atoms with van der Waals surface area (Å²) in [5.41, 5.74) is 0.362. The molecule has 2 fully saturated rings. The van der Waals surface area contributed by atoms with Crippen LogP contribution in [0.25, 0.3) is 0 Å². The zero-order chi connectivity index (χ0) is 30.4. The van der Waals surface area contributed by atoms with Crippen molar-refractivity contribution in [3.05, 3.63) is 58.1 Å². The molecule has 0 radical (unpaired) electrons. The number of hydrogen-bond donors (Lipinski definition) is 3. The number of aliphatic hydroxyl groups excluding tert-OH is 1. The molecule has 8 nitrogen and oxygen atoms in total. The third-order valence-electron chi connectivity index (χ3n) is 7.59. The lowest BCUT2D eigenvalue weighted by Gasteiger charge is -2.37. The Morgan fingerprint density at radius 1 is 1.05 bits per heavy atom. The van der Waals surface area contributed by atoms with E-state index in [1.165, 1.54) is 0 Å². The number of hydrogen-bond acceptors (Lipinski definition) is 6. The molecule has 2 heterocycles. The molecule has 4 rings (SSSR count). The number of nitrogens with zero attached hydrogens (tertiary/aromatic N) is 3. The summed E-state index contributed by atoms with van der Waals surface area (Å²) in [5.74, 6) is -3.64. The van der Waals surface area contributed by atoms with Gasteiger partial charge in [0.2, 0.25) is 5.91 Å². The predicted octanol–water partition coefficient (Wildman–Crippen LogP) is 4.02. The van der Waals surface area contributed by atoms with E-state index >= 15 is 0 Å². The van der Waals surface area contributed by atoms with E-state index in [0.717, 1.165) is 25.0 Å². The highest BCUT2D eigenvalue weighted by Crippen LogP contribution is 2.31. The molecule has 0 aliphatic carbocycles. The quantitative estimate of drug-likeness (QED) is 0.349. The molecular formula is C28H33ClF5N5O3. The second-order valence-electron chi connectivity index (χ2n) is 10.4. The van der Waals surface area contributed by atoms with E-state index in [0.29, 0.717) is 49.1 Å². The molecule has 1 atom stereocenters. The van der Waals surface area contributed by atoms with Gasteiger partial charge in [-0.05, 0) is 49.7 Å². The second kappa shape index (κ2) is 14.0. The summed E-state index contributed by atoms with van der Waals surface area (Å²) < 4.78 is 66.9. The first-order chi connectivity index (χ1) is 19.9. The van der Waals surface area contributed by atoms with Gasteiger partial charge in [0, 0.05) is 61.5 Å². The van der Waals surface area contributed by atoms with Crippen molar-refractivity contribution in [1.29, 1.82) is 0 Å². The lowest BCUT2D eigenvalue weighted by Crippen LogP contribution is -2.47. The summed E-state index contributed by atoms with van der Waals surface area (Å²) in [6.07, 6.45) is -3.54. The van der Waals surface area contributed by atoms with Crippen LogP contribution in [0.3, 0.4) is 0 Å². The molecule has 0 bridgehead atoms. The van der Waals surface area contributed by atoms with Gasteiger partial charge in [-0.2, -0.15) is 13.2 Å². The number of benzene rings is 2. The van der Waals surface area contributed by atoms with Crippen LogP contribution in [-0.2, 0) is 11.3 Å². The number of carbonyl (C=O) groups excluding carboxylic acids is 2. The van der Waals surface area contributed by atoms with Crippen LogP contribution >= 0.6 is 11.6 Å². The van der Waals surface area contributed by atoms with Gasteiger partial charge in [-0.1, -0.05) is 11.6 Å². The Kier molecular flexibility index (Phi) is 10.6. The van der Waals surface area contributed by atoms with Crippen LogP contribution in [0.5, 0.6) is 0 Å². The molecule has 2 aliphatic rings. The predicted molar refractivity (Wildman–Crippen MR) is 149 cm³/mol. The van der Waals surface area contributed by atoms with Crippen molar-refractivity contribution in [3.8, 4) is 0 Å². The Labute approximate surface area is 245 Å². The number of alkyl halides is 3. The fraction of sp³-hybridized carbons (Fsp3) is 0.500. The fourth-order valence-electron chi connectivity index (χ4n) is 5.27. The summed E-state index contributed by atoms with van der Waals surface area (Å²) in [7, 11) is 0. The van der Waals surface area contributed by atoms with Gasteiger partial charge in [0.05, 0.1) is 30.9 Å². The summed E-state index contributed by atoms with van der Waals surface area (Å²) in [6.45, 7) is 1.50. The van der Waals surface area contributed by atoms with E-state index in [9.17, 15) is 36.6 Å². The molecule has 2 amide bonds. The van der Waals surface area contributed by atoms with Crippen molar-refractivity contribution in [2.24, 2.45) is 0 Å². The van der Waals surface area contributed by atoms with Crippen molar-refractivity contribution in [3.63, 3.8) is 0 Å². The molecule has 2 aromatic rings. The average Bonchev–Trinajstić information content (AvgIpc) is 3.40. The van der Waals surface area contributed by atoms with Gasteiger partial charge in [0.1, 0.15) is 0 Å². The Hall–Kier alpha value is -3.00. The molecule has 0 aromatic heterocycles. The number of nitrogens with one attached hydrogen (secondary N) is 2. The highest BCUT2D eigenvalue weighted by Gasteiger charge is 2.30. The maximum atomic E-state index is 14.9. The van der Waals surface area contributed by atoms with E-state index in [2.05, 4.69) is 10.6 Å². The van der Waals surface area contributed by atoms with Crippen LogP contribution in [0.2, 0.25) is 5.02 Å². The van der Waals surface area contributed by atoms with E-state index < -0.39 is 42.6 Å². The lowest BCUT2D eigenvalue weighted by molar-refractivity contribution is -0.138. The smallest absolute Gasteiger partial charge is 0.390 e. The maximum Gasteiger partial charge on any atom is 0.390 e. The molecule has 0 spiro atoms. The first-order valence-corrected chi connectivity index (χ1v) is 14.1. The minimum Gasteiger partial charge on any atom is -0.395 e. The number of aliphatic hydroxyl groups is 1. The minimum absolute atomic E-state index is 0.0265. The van der Waals surface area contributed by atoms with Crippen molar-refractivity contribution < 1.29 is 36.6 Å². The molecule has 2 saturated heterocycles. The third kappa shape index (κ3) is 8.30. The van der Waals surface area contributed by atoms with Crippen molar-refractivity contribution in [1.82, 2.24) is 15.1 Å². The number of anilines is 2. The van der Waals surface area contributed by atoms with Crippen LogP contribution in [0.4, 0.5) is 33.3 Å². The average molecular weight is 618 g/mol. The largest absolute Gasteiger partial charge is 0.395 e. The highest BCUT2D eigenvalue weighted by atomic mass is 35.5. The van der Waals surface area contributed by atoms with Gasteiger partial charge in [-0.25, -0.2) is 8.78 Å². The van der Waals surface area contributed by atoms with Gasteiger partial charge < -0.3 is 20.6 Å². The normalized spacial score (nSPS) is 18.4. The highest BCUT2D eigenvalue weighted by molar-refractivity contribution is 6.31. The molecule has 2 aliphatic heterocycles. The van der Waals surface area contributed by atoms with Crippen molar-refractivity contribution in [2.45, 2.75) is 38.0 Å². The van der Waals surface area contributed by atoms with Gasteiger partial charge in [0.15, 0.2) is 11.6 Å². The molecule has 1 unspecified atom stereocenters. The number of amides is 2. The molecule has 3 N–H and O–H groups in total. The van der Waals surface area contributed by atoms with E-state index in [1.807, 2.05) is 9.80 Å². The molecule has 2 aromatic carbocycles. The summed E-state index contributed by atoms with van der Waals surface area (Å²) in [4.78, 5) is 31.3. The van der Waals surface area contributed by atoms with Crippen LogP contribution in [0.15, 0.2) is 30.3 Å². The number of carbonyl (C=O) groups is 2. The Morgan fingerprint density at radius 2 is 1.79 bits per heavy atom. The third-order valence-corrected chi connectivity index (χ3v) is 7.83. The standard InChI is InChI=1S/C28H33ClF5N5O3/c29-18-3-6-23(24(14-18)38-12-10-37(11-13-38)9-7-28(32,33)34)36-27(42)20-4-5-22(30)26(31)21(20)15-35-25(41)16-39-8-1-2-19(39)17-40/h3-6,14,19,40H,1-2,7-13,15-17H2,(H,35,41)(H,36,42). The molecule has 0 saturated carbocycles. The van der Waals surface area contributed by atoms with Crippen molar-refractivity contribution >= 4 is 34.8 Å². The van der Waals surface area contributed by atoms with Gasteiger partial charge in [0.25, 0.3) is 5.91 Å². The topological polar surface area (TPSA) is 88.2 Å².